The molecule has 1 aromatic carbocycles. The minimum Gasteiger partial charge on any atom is -0.350 e. The molecule has 0 aliphatic carbocycles. The highest BCUT2D eigenvalue weighted by Crippen LogP contribution is 2.29. The predicted octanol–water partition coefficient (Wildman–Crippen LogP) is 3.10. The number of nitrogens with zero attached hydrogens (tertiary/aromatic N) is 1. The van der Waals surface area contributed by atoms with Crippen molar-refractivity contribution in [1.82, 2.24) is 9.97 Å². The van der Waals surface area contributed by atoms with Gasteiger partial charge in [-0.15, -0.1) is 11.3 Å². The molecule has 1 N–H and O–H groups in total. The average Bonchev–Trinajstić information content (AvgIpc) is 2.95. The zero-order valence-electron chi connectivity index (χ0n) is 8.31. The summed E-state index contributed by atoms with van der Waals surface area (Å²) >= 11 is 1.62. The number of para-hydroxylation sites is 1. The number of rotatable bonds is 2. The smallest absolute Gasteiger partial charge is 0.166 e. The van der Waals surface area contributed by atoms with Gasteiger partial charge in [0, 0.05) is 0 Å². The van der Waals surface area contributed by atoms with Crippen LogP contribution in [0.15, 0.2) is 36.4 Å². The van der Waals surface area contributed by atoms with Crippen molar-refractivity contribution in [2.24, 2.45) is 0 Å². The van der Waals surface area contributed by atoms with Crippen molar-refractivity contribution in [2.45, 2.75) is 0 Å². The summed E-state index contributed by atoms with van der Waals surface area (Å²) in [5.74, 6) is 0. The zero-order chi connectivity index (χ0) is 11.0. The fourth-order valence-electron chi connectivity index (χ4n) is 1.59. The van der Waals surface area contributed by atoms with Gasteiger partial charge >= 0.3 is 0 Å². The number of thiazole rings is 1. The number of carbonyl (C=O) groups excluding carboxylic acids is 1. The molecule has 0 bridgehead atoms. The molecule has 2 heterocycles. The SMILES string of the molecule is O=Cc1ccc(-c2nc3ccccc3s2)[nH]1. The van der Waals surface area contributed by atoms with Crippen molar-refractivity contribution in [1.29, 1.82) is 0 Å². The quantitative estimate of drug-likeness (QED) is 0.685. The van der Waals surface area contributed by atoms with Crippen LogP contribution in [0.4, 0.5) is 0 Å². The van der Waals surface area contributed by atoms with E-state index >= 15 is 0 Å². The van der Waals surface area contributed by atoms with E-state index < -0.39 is 0 Å². The largest absolute Gasteiger partial charge is 0.350 e. The molecule has 0 atom stereocenters. The van der Waals surface area contributed by atoms with E-state index in [1.165, 1.54) is 0 Å². The standard InChI is InChI=1S/C12H8N2OS/c15-7-8-5-6-10(13-8)12-14-9-3-1-2-4-11(9)16-12/h1-7,13H. The Bertz CT molecular complexity index is 621. The van der Waals surface area contributed by atoms with Gasteiger partial charge in [0.05, 0.1) is 21.6 Å². The molecule has 0 unspecified atom stereocenters. The lowest BCUT2D eigenvalue weighted by molar-refractivity contribution is 0.111. The van der Waals surface area contributed by atoms with E-state index in [0.29, 0.717) is 5.69 Å². The van der Waals surface area contributed by atoms with E-state index in [1.807, 2.05) is 30.3 Å². The van der Waals surface area contributed by atoms with Crippen LogP contribution in [0.1, 0.15) is 10.5 Å². The number of aldehydes is 1. The third-order valence-corrected chi connectivity index (χ3v) is 3.43. The first-order valence-corrected chi connectivity index (χ1v) is 5.68. The predicted molar refractivity (Wildman–Crippen MR) is 64.8 cm³/mol. The van der Waals surface area contributed by atoms with Gasteiger partial charge in [0.2, 0.25) is 0 Å². The number of hydrogen-bond donors (Lipinski definition) is 1. The van der Waals surface area contributed by atoms with Crippen LogP contribution < -0.4 is 0 Å². The fourth-order valence-corrected chi connectivity index (χ4v) is 2.54. The van der Waals surface area contributed by atoms with Crippen molar-refractivity contribution in [3.63, 3.8) is 0 Å². The molecule has 0 spiro atoms. The first kappa shape index (κ1) is 9.30. The Morgan fingerprint density at radius 1 is 1.19 bits per heavy atom. The molecule has 3 nitrogen and oxygen atoms in total. The number of H-pyrrole nitrogens is 1. The Labute approximate surface area is 95.8 Å². The number of hydrogen-bond acceptors (Lipinski definition) is 3. The molecule has 0 radical (unpaired) electrons. The summed E-state index contributed by atoms with van der Waals surface area (Å²) in [6.45, 7) is 0. The minimum atomic E-state index is 0.578. The summed E-state index contributed by atoms with van der Waals surface area (Å²) in [5, 5.41) is 0.911. The number of fused-ring (bicyclic) bond motifs is 1. The lowest BCUT2D eigenvalue weighted by Crippen LogP contribution is -1.79. The van der Waals surface area contributed by atoms with Crippen LogP contribution in [0, 0.1) is 0 Å². The van der Waals surface area contributed by atoms with Crippen LogP contribution in [-0.2, 0) is 0 Å². The molecule has 78 valence electrons. The van der Waals surface area contributed by atoms with Gasteiger partial charge in [0.1, 0.15) is 5.01 Å². The third kappa shape index (κ3) is 1.44. The van der Waals surface area contributed by atoms with E-state index in [2.05, 4.69) is 9.97 Å². The van der Waals surface area contributed by atoms with Gasteiger partial charge in [-0.05, 0) is 24.3 Å². The molecular formula is C12H8N2OS. The van der Waals surface area contributed by atoms with E-state index in [9.17, 15) is 4.79 Å². The number of aromatic amines is 1. The molecule has 2 aromatic heterocycles. The van der Waals surface area contributed by atoms with Crippen molar-refractivity contribution in [3.8, 4) is 10.7 Å². The van der Waals surface area contributed by atoms with Crippen LogP contribution in [0.5, 0.6) is 0 Å². The van der Waals surface area contributed by atoms with E-state index in [0.717, 1.165) is 27.2 Å². The Balaban J connectivity index is 2.14. The topological polar surface area (TPSA) is 45.8 Å². The van der Waals surface area contributed by atoms with Crippen LogP contribution in [-0.4, -0.2) is 16.3 Å². The van der Waals surface area contributed by atoms with Gasteiger partial charge in [0.25, 0.3) is 0 Å². The normalized spacial score (nSPS) is 10.8. The average molecular weight is 228 g/mol. The molecule has 0 fully saturated rings. The summed E-state index contributed by atoms with van der Waals surface area (Å²) in [4.78, 5) is 18.1. The summed E-state index contributed by atoms with van der Waals surface area (Å²) < 4.78 is 1.15. The number of carbonyl (C=O) groups is 1. The Hall–Kier alpha value is -1.94. The number of aromatic nitrogens is 2. The third-order valence-electron chi connectivity index (χ3n) is 2.36. The maximum atomic E-state index is 10.6. The Morgan fingerprint density at radius 2 is 2.06 bits per heavy atom. The lowest BCUT2D eigenvalue weighted by Gasteiger charge is -1.87. The second-order valence-electron chi connectivity index (χ2n) is 3.43. The van der Waals surface area contributed by atoms with Crippen LogP contribution in [0.2, 0.25) is 0 Å². The molecule has 0 amide bonds. The van der Waals surface area contributed by atoms with Crippen LogP contribution in [0.3, 0.4) is 0 Å². The molecule has 4 heteroatoms. The van der Waals surface area contributed by atoms with E-state index in [1.54, 1.807) is 17.4 Å². The van der Waals surface area contributed by atoms with E-state index in [4.69, 9.17) is 0 Å². The van der Waals surface area contributed by atoms with Gasteiger partial charge in [-0.25, -0.2) is 4.98 Å². The first-order chi connectivity index (χ1) is 7.86. The fraction of sp³-hybridized carbons (Fsp3) is 0. The van der Waals surface area contributed by atoms with Gasteiger partial charge in [-0.1, -0.05) is 12.1 Å². The minimum absolute atomic E-state index is 0.578. The first-order valence-electron chi connectivity index (χ1n) is 4.87. The molecule has 0 saturated heterocycles. The molecule has 3 aromatic rings. The van der Waals surface area contributed by atoms with Gasteiger partial charge in [0.15, 0.2) is 6.29 Å². The van der Waals surface area contributed by atoms with Gasteiger partial charge < -0.3 is 4.98 Å². The molecule has 0 saturated carbocycles. The Kier molecular flexibility index (Phi) is 2.08. The highest BCUT2D eigenvalue weighted by atomic mass is 32.1. The monoisotopic (exact) mass is 228 g/mol. The molecule has 0 aliphatic rings. The van der Waals surface area contributed by atoms with Gasteiger partial charge in [-0.3, -0.25) is 4.79 Å². The second kappa shape index (κ2) is 3.57. The highest BCUT2D eigenvalue weighted by molar-refractivity contribution is 7.21. The number of benzene rings is 1. The summed E-state index contributed by atoms with van der Waals surface area (Å²) in [6.07, 6.45) is 0.802. The molecule has 3 rings (SSSR count). The zero-order valence-corrected chi connectivity index (χ0v) is 9.12. The van der Waals surface area contributed by atoms with Crippen LogP contribution >= 0.6 is 11.3 Å². The molecular weight excluding hydrogens is 220 g/mol. The number of nitrogens with one attached hydrogen (secondary N) is 1. The molecule has 16 heavy (non-hydrogen) atoms. The summed E-state index contributed by atoms with van der Waals surface area (Å²) in [5.41, 5.74) is 2.46. The second-order valence-corrected chi connectivity index (χ2v) is 4.46. The van der Waals surface area contributed by atoms with Crippen molar-refractivity contribution >= 4 is 27.8 Å². The van der Waals surface area contributed by atoms with Crippen molar-refractivity contribution < 1.29 is 4.79 Å². The maximum absolute atomic E-state index is 10.6. The Morgan fingerprint density at radius 3 is 2.81 bits per heavy atom. The van der Waals surface area contributed by atoms with Crippen LogP contribution in [0.25, 0.3) is 20.9 Å². The summed E-state index contributed by atoms with van der Waals surface area (Å²) in [7, 11) is 0. The highest BCUT2D eigenvalue weighted by Gasteiger charge is 2.07. The summed E-state index contributed by atoms with van der Waals surface area (Å²) in [6, 6.07) is 11.6. The van der Waals surface area contributed by atoms with Gasteiger partial charge in [-0.2, -0.15) is 0 Å². The van der Waals surface area contributed by atoms with Crippen molar-refractivity contribution in [3.05, 3.63) is 42.1 Å². The lowest BCUT2D eigenvalue weighted by atomic mass is 10.3. The van der Waals surface area contributed by atoms with E-state index in [-0.39, 0.29) is 0 Å². The van der Waals surface area contributed by atoms with Crippen molar-refractivity contribution in [2.75, 3.05) is 0 Å². The maximum Gasteiger partial charge on any atom is 0.166 e. The molecule has 0 aliphatic heterocycles.